The Morgan fingerprint density at radius 1 is 1.43 bits per heavy atom. The van der Waals surface area contributed by atoms with Crippen LogP contribution in [-0.2, 0) is 4.74 Å². The molecule has 2 unspecified atom stereocenters. The van der Waals surface area contributed by atoms with Gasteiger partial charge in [-0.2, -0.15) is 0 Å². The van der Waals surface area contributed by atoms with E-state index >= 15 is 0 Å². The van der Waals surface area contributed by atoms with Gasteiger partial charge in [-0.15, -0.1) is 0 Å². The highest BCUT2D eigenvalue weighted by Gasteiger charge is 2.36. The summed E-state index contributed by atoms with van der Waals surface area (Å²) in [6.45, 7) is 6.64. The Kier molecular flexibility index (Phi) is 1.36. The van der Waals surface area contributed by atoms with E-state index in [4.69, 9.17) is 4.74 Å². The van der Waals surface area contributed by atoms with Gasteiger partial charge in [0.15, 0.2) is 0 Å². The Balaban J connectivity index is 2.20. The summed E-state index contributed by atoms with van der Waals surface area (Å²) in [5.41, 5.74) is 0. The van der Waals surface area contributed by atoms with Gasteiger partial charge in [-0.25, -0.2) is 0 Å². The predicted octanol–water partition coefficient (Wildman–Crippen LogP) is 1.47. The Morgan fingerprint density at radius 2 is 1.86 bits per heavy atom. The molecule has 7 heavy (non-hydrogen) atoms. The van der Waals surface area contributed by atoms with Crippen LogP contribution in [0.1, 0.15) is 6.92 Å². The molecule has 1 aliphatic rings. The van der Waals surface area contributed by atoms with Crippen LogP contribution in [0.5, 0.6) is 0 Å². The van der Waals surface area contributed by atoms with Crippen molar-refractivity contribution >= 4 is 7.92 Å². The van der Waals surface area contributed by atoms with Gasteiger partial charge in [-0.1, -0.05) is 7.92 Å². The molecule has 0 aromatic rings. The van der Waals surface area contributed by atoms with Gasteiger partial charge in [0, 0.05) is 0 Å². The lowest BCUT2D eigenvalue weighted by molar-refractivity contribution is 0.412. The molecular formula is C5H11OP. The van der Waals surface area contributed by atoms with Crippen molar-refractivity contribution in [1.29, 1.82) is 0 Å². The molecule has 0 amide bonds. The molecular weight excluding hydrogens is 107 g/mol. The summed E-state index contributed by atoms with van der Waals surface area (Å²) in [7, 11) is 0.190. The fourth-order valence-electron chi connectivity index (χ4n) is 0.716. The molecule has 0 bridgehead atoms. The molecule has 0 saturated carbocycles. The Morgan fingerprint density at radius 3 is 1.86 bits per heavy atom. The van der Waals surface area contributed by atoms with Gasteiger partial charge in [0.25, 0.3) is 0 Å². The number of hydrogen-bond donors (Lipinski definition) is 0. The number of hydrogen-bond acceptors (Lipinski definition) is 1. The summed E-state index contributed by atoms with van der Waals surface area (Å²) in [5, 5.41) is 0. The van der Waals surface area contributed by atoms with Gasteiger partial charge in [0.2, 0.25) is 0 Å². The van der Waals surface area contributed by atoms with Crippen LogP contribution in [0, 0.1) is 0 Å². The zero-order valence-electron chi connectivity index (χ0n) is 5.01. The smallest absolute Gasteiger partial charge is 0.102 e. The average Bonchev–Trinajstić information content (AvgIpc) is 2.17. The molecule has 1 heterocycles. The molecule has 2 atom stereocenters. The first-order chi connectivity index (χ1) is 3.22. The van der Waals surface area contributed by atoms with E-state index in [1.807, 2.05) is 0 Å². The van der Waals surface area contributed by atoms with Gasteiger partial charge in [-0.05, 0) is 20.3 Å². The van der Waals surface area contributed by atoms with E-state index in [-0.39, 0.29) is 7.92 Å². The highest BCUT2D eigenvalue weighted by Crippen LogP contribution is 2.46. The minimum absolute atomic E-state index is 0.190. The summed E-state index contributed by atoms with van der Waals surface area (Å²) in [4.78, 5) is 0. The first kappa shape index (κ1) is 5.53. The Bertz CT molecular complexity index is 72.5. The zero-order chi connectivity index (χ0) is 5.44. The summed E-state index contributed by atoms with van der Waals surface area (Å²) < 4.78 is 5.21. The van der Waals surface area contributed by atoms with Crippen molar-refractivity contribution < 1.29 is 4.74 Å². The molecule has 0 aliphatic carbocycles. The van der Waals surface area contributed by atoms with E-state index in [2.05, 4.69) is 20.3 Å². The fraction of sp³-hybridized carbons (Fsp3) is 1.00. The first-order valence-electron chi connectivity index (χ1n) is 2.53. The quantitative estimate of drug-likeness (QED) is 0.375. The van der Waals surface area contributed by atoms with E-state index in [1.54, 1.807) is 0 Å². The SMILES string of the molecule is CC1OC1P(C)C. The van der Waals surface area contributed by atoms with Crippen LogP contribution in [0.25, 0.3) is 0 Å². The largest absolute Gasteiger partial charge is 0.365 e. The van der Waals surface area contributed by atoms with Crippen LogP contribution in [0.15, 0.2) is 0 Å². The maximum absolute atomic E-state index is 5.21. The van der Waals surface area contributed by atoms with Gasteiger partial charge in [0.1, 0.15) is 5.85 Å². The summed E-state index contributed by atoms with van der Waals surface area (Å²) in [6.07, 6.45) is 0.570. The summed E-state index contributed by atoms with van der Waals surface area (Å²) >= 11 is 0. The third-order valence-electron chi connectivity index (χ3n) is 1.19. The van der Waals surface area contributed by atoms with Crippen molar-refractivity contribution in [2.75, 3.05) is 13.3 Å². The van der Waals surface area contributed by atoms with E-state index < -0.39 is 0 Å². The minimum atomic E-state index is 0.190. The third kappa shape index (κ3) is 1.14. The van der Waals surface area contributed by atoms with Crippen molar-refractivity contribution in [2.24, 2.45) is 0 Å². The lowest BCUT2D eigenvalue weighted by Gasteiger charge is -1.94. The van der Waals surface area contributed by atoms with Crippen molar-refractivity contribution in [3.63, 3.8) is 0 Å². The van der Waals surface area contributed by atoms with Crippen molar-refractivity contribution in [3.8, 4) is 0 Å². The summed E-state index contributed by atoms with van der Waals surface area (Å²) in [6, 6.07) is 0. The van der Waals surface area contributed by atoms with E-state index in [0.717, 1.165) is 0 Å². The van der Waals surface area contributed by atoms with Gasteiger partial charge in [0.05, 0.1) is 6.10 Å². The standard InChI is InChI=1S/C5H11OP/c1-4-5(6-4)7(2)3/h4-5H,1-3H3. The van der Waals surface area contributed by atoms with E-state index in [9.17, 15) is 0 Å². The monoisotopic (exact) mass is 118 g/mol. The van der Waals surface area contributed by atoms with Gasteiger partial charge >= 0.3 is 0 Å². The predicted molar refractivity (Wildman–Crippen MR) is 33.1 cm³/mol. The lowest BCUT2D eigenvalue weighted by Crippen LogP contribution is -1.82. The second kappa shape index (κ2) is 1.72. The Hall–Kier alpha value is 0.390. The normalized spacial score (nSPS) is 39.4. The van der Waals surface area contributed by atoms with Crippen LogP contribution in [-0.4, -0.2) is 25.3 Å². The average molecular weight is 118 g/mol. The van der Waals surface area contributed by atoms with Gasteiger partial charge < -0.3 is 4.74 Å². The molecule has 0 aromatic carbocycles. The second-order valence-corrected chi connectivity index (χ2v) is 4.63. The van der Waals surface area contributed by atoms with E-state index in [1.165, 1.54) is 0 Å². The zero-order valence-corrected chi connectivity index (χ0v) is 5.90. The van der Waals surface area contributed by atoms with Crippen molar-refractivity contribution in [3.05, 3.63) is 0 Å². The van der Waals surface area contributed by atoms with Crippen LogP contribution < -0.4 is 0 Å². The molecule has 1 nitrogen and oxygen atoms in total. The molecule has 1 saturated heterocycles. The molecule has 0 aromatic heterocycles. The van der Waals surface area contributed by atoms with Crippen LogP contribution in [0.4, 0.5) is 0 Å². The molecule has 1 rings (SSSR count). The molecule has 1 fully saturated rings. The van der Waals surface area contributed by atoms with Crippen LogP contribution in [0.3, 0.4) is 0 Å². The second-order valence-electron chi connectivity index (χ2n) is 2.20. The molecule has 2 heteroatoms. The molecule has 0 N–H and O–H groups in total. The minimum Gasteiger partial charge on any atom is -0.365 e. The number of epoxide rings is 1. The van der Waals surface area contributed by atoms with Crippen molar-refractivity contribution in [2.45, 2.75) is 18.9 Å². The number of ether oxygens (including phenoxy) is 1. The fourth-order valence-corrected chi connectivity index (χ4v) is 1.99. The maximum Gasteiger partial charge on any atom is 0.102 e. The van der Waals surface area contributed by atoms with E-state index in [0.29, 0.717) is 11.9 Å². The van der Waals surface area contributed by atoms with Gasteiger partial charge in [-0.3, -0.25) is 0 Å². The van der Waals surface area contributed by atoms with Crippen molar-refractivity contribution in [1.82, 2.24) is 0 Å². The highest BCUT2D eigenvalue weighted by molar-refractivity contribution is 7.56. The lowest BCUT2D eigenvalue weighted by atomic mass is 10.6. The summed E-state index contributed by atoms with van der Waals surface area (Å²) in [5.74, 6) is 0.634. The molecule has 0 spiro atoms. The highest BCUT2D eigenvalue weighted by atomic mass is 31.1. The maximum atomic E-state index is 5.21. The number of rotatable bonds is 1. The van der Waals surface area contributed by atoms with Crippen LogP contribution >= 0.6 is 7.92 Å². The Labute approximate surface area is 45.8 Å². The molecule has 0 radical (unpaired) electrons. The molecule has 1 aliphatic heterocycles. The molecule has 42 valence electrons. The first-order valence-corrected chi connectivity index (χ1v) is 4.84. The topological polar surface area (TPSA) is 12.5 Å². The third-order valence-corrected chi connectivity index (χ3v) is 2.75. The van der Waals surface area contributed by atoms with Crippen LogP contribution in [0.2, 0.25) is 0 Å².